The Bertz CT molecular complexity index is 468. The minimum Gasteiger partial charge on any atom is -0.478 e. The SMILES string of the molecule is Cc1c(C(=O)O)ccc2c1SCCC2OC(C)C. The second-order valence-electron chi connectivity index (χ2n) is 4.77. The van der Waals surface area contributed by atoms with Crippen molar-refractivity contribution in [3.8, 4) is 0 Å². The third kappa shape index (κ3) is 2.54. The molecule has 1 aromatic carbocycles. The Balaban J connectivity index is 2.41. The second-order valence-corrected chi connectivity index (χ2v) is 5.88. The smallest absolute Gasteiger partial charge is 0.335 e. The lowest BCUT2D eigenvalue weighted by Crippen LogP contribution is -2.17. The van der Waals surface area contributed by atoms with Crippen LogP contribution in [0.3, 0.4) is 0 Å². The van der Waals surface area contributed by atoms with Crippen LogP contribution in [0.15, 0.2) is 17.0 Å². The summed E-state index contributed by atoms with van der Waals surface area (Å²) in [6.07, 6.45) is 1.27. The van der Waals surface area contributed by atoms with Crippen molar-refractivity contribution in [3.05, 3.63) is 28.8 Å². The summed E-state index contributed by atoms with van der Waals surface area (Å²) in [6, 6.07) is 3.60. The maximum Gasteiger partial charge on any atom is 0.335 e. The maximum atomic E-state index is 11.1. The molecule has 1 aliphatic rings. The van der Waals surface area contributed by atoms with E-state index in [2.05, 4.69) is 0 Å². The molecule has 0 saturated carbocycles. The van der Waals surface area contributed by atoms with Crippen LogP contribution >= 0.6 is 11.8 Å². The van der Waals surface area contributed by atoms with Gasteiger partial charge in [-0.1, -0.05) is 6.07 Å². The van der Waals surface area contributed by atoms with E-state index in [0.29, 0.717) is 5.56 Å². The van der Waals surface area contributed by atoms with Gasteiger partial charge in [-0.25, -0.2) is 4.79 Å². The average molecular weight is 266 g/mol. The van der Waals surface area contributed by atoms with Crippen molar-refractivity contribution in [2.24, 2.45) is 0 Å². The molecule has 98 valence electrons. The Morgan fingerprint density at radius 2 is 2.22 bits per heavy atom. The molecule has 0 aliphatic carbocycles. The largest absolute Gasteiger partial charge is 0.478 e. The molecule has 0 fully saturated rings. The topological polar surface area (TPSA) is 46.5 Å². The molecule has 0 radical (unpaired) electrons. The quantitative estimate of drug-likeness (QED) is 0.907. The molecule has 1 unspecified atom stereocenters. The van der Waals surface area contributed by atoms with Crippen molar-refractivity contribution in [2.75, 3.05) is 5.75 Å². The van der Waals surface area contributed by atoms with E-state index in [9.17, 15) is 4.79 Å². The van der Waals surface area contributed by atoms with Crippen molar-refractivity contribution in [1.29, 1.82) is 0 Å². The number of aromatic carboxylic acids is 1. The predicted molar refractivity (Wildman–Crippen MR) is 72.4 cm³/mol. The monoisotopic (exact) mass is 266 g/mol. The van der Waals surface area contributed by atoms with Gasteiger partial charge in [-0.15, -0.1) is 11.8 Å². The Morgan fingerprint density at radius 3 is 2.83 bits per heavy atom. The van der Waals surface area contributed by atoms with Crippen molar-refractivity contribution >= 4 is 17.7 Å². The normalized spacial score (nSPS) is 18.8. The summed E-state index contributed by atoms with van der Waals surface area (Å²) in [6.45, 7) is 5.94. The van der Waals surface area contributed by atoms with E-state index in [1.165, 1.54) is 0 Å². The summed E-state index contributed by atoms with van der Waals surface area (Å²) in [4.78, 5) is 12.2. The molecule has 1 N–H and O–H groups in total. The summed E-state index contributed by atoms with van der Waals surface area (Å²) < 4.78 is 5.91. The maximum absolute atomic E-state index is 11.1. The summed E-state index contributed by atoms with van der Waals surface area (Å²) >= 11 is 1.73. The fourth-order valence-corrected chi connectivity index (χ4v) is 3.51. The first-order chi connectivity index (χ1) is 8.50. The zero-order chi connectivity index (χ0) is 13.3. The van der Waals surface area contributed by atoms with Gasteiger partial charge >= 0.3 is 5.97 Å². The summed E-state index contributed by atoms with van der Waals surface area (Å²) in [5.74, 6) is 0.122. The number of carbonyl (C=O) groups is 1. The Morgan fingerprint density at radius 1 is 1.50 bits per heavy atom. The first-order valence-electron chi connectivity index (χ1n) is 6.15. The molecule has 1 atom stereocenters. The molecule has 0 amide bonds. The molecule has 2 rings (SSSR count). The summed E-state index contributed by atoms with van der Waals surface area (Å²) in [5, 5.41) is 9.14. The minimum atomic E-state index is -0.859. The van der Waals surface area contributed by atoms with Crippen LogP contribution in [0.1, 0.15) is 47.9 Å². The zero-order valence-electron chi connectivity index (χ0n) is 10.9. The first kappa shape index (κ1) is 13.4. The molecule has 0 bridgehead atoms. The van der Waals surface area contributed by atoms with Gasteiger partial charge in [0.25, 0.3) is 0 Å². The number of hydrogen-bond donors (Lipinski definition) is 1. The van der Waals surface area contributed by atoms with Gasteiger partial charge in [-0.2, -0.15) is 0 Å². The minimum absolute atomic E-state index is 0.0998. The van der Waals surface area contributed by atoms with E-state index >= 15 is 0 Å². The van der Waals surface area contributed by atoms with E-state index in [0.717, 1.165) is 28.2 Å². The van der Waals surface area contributed by atoms with Crippen LogP contribution in [0, 0.1) is 6.92 Å². The number of carboxylic acids is 1. The summed E-state index contributed by atoms with van der Waals surface area (Å²) in [5.41, 5.74) is 2.40. The van der Waals surface area contributed by atoms with Crippen LogP contribution in [0.2, 0.25) is 0 Å². The molecule has 0 aromatic heterocycles. The fourth-order valence-electron chi connectivity index (χ4n) is 2.28. The van der Waals surface area contributed by atoms with Crippen molar-refractivity contribution in [1.82, 2.24) is 0 Å². The van der Waals surface area contributed by atoms with Gasteiger partial charge in [0.2, 0.25) is 0 Å². The van der Waals surface area contributed by atoms with Crippen molar-refractivity contribution in [3.63, 3.8) is 0 Å². The molecule has 1 heterocycles. The highest BCUT2D eigenvalue weighted by molar-refractivity contribution is 7.99. The van der Waals surface area contributed by atoms with E-state index in [1.54, 1.807) is 17.8 Å². The van der Waals surface area contributed by atoms with Gasteiger partial charge in [0.1, 0.15) is 0 Å². The predicted octanol–water partition coefficient (Wildman–Crippen LogP) is 3.66. The van der Waals surface area contributed by atoms with Gasteiger partial charge < -0.3 is 9.84 Å². The number of rotatable bonds is 3. The molecular formula is C14H18O3S. The van der Waals surface area contributed by atoms with Crippen LogP contribution in [-0.2, 0) is 4.74 Å². The lowest BCUT2D eigenvalue weighted by atomic mass is 9.99. The van der Waals surface area contributed by atoms with Crippen molar-refractivity contribution < 1.29 is 14.6 Å². The average Bonchev–Trinajstić information content (AvgIpc) is 2.29. The molecule has 1 aromatic rings. The molecule has 4 heteroatoms. The lowest BCUT2D eigenvalue weighted by molar-refractivity contribution is 0.00263. The second kappa shape index (κ2) is 5.33. The number of carboxylic acid groups (broad SMARTS) is 1. The fraction of sp³-hybridized carbons (Fsp3) is 0.500. The third-order valence-electron chi connectivity index (χ3n) is 3.08. The van der Waals surface area contributed by atoms with Gasteiger partial charge in [0, 0.05) is 10.6 Å². The van der Waals surface area contributed by atoms with E-state index < -0.39 is 5.97 Å². The molecule has 0 spiro atoms. The van der Waals surface area contributed by atoms with Crippen LogP contribution in [0.4, 0.5) is 0 Å². The molecule has 1 aliphatic heterocycles. The Kier molecular flexibility index (Phi) is 3.97. The first-order valence-corrected chi connectivity index (χ1v) is 7.14. The number of ether oxygens (including phenoxy) is 1. The summed E-state index contributed by atoms with van der Waals surface area (Å²) in [7, 11) is 0. The van der Waals surface area contributed by atoms with Gasteiger partial charge in [0.15, 0.2) is 0 Å². The van der Waals surface area contributed by atoms with Gasteiger partial charge in [0.05, 0.1) is 17.8 Å². The van der Waals surface area contributed by atoms with Crippen LogP contribution < -0.4 is 0 Å². The third-order valence-corrected chi connectivity index (χ3v) is 4.35. The van der Waals surface area contributed by atoms with Crippen LogP contribution in [0.5, 0.6) is 0 Å². The zero-order valence-corrected chi connectivity index (χ0v) is 11.7. The van der Waals surface area contributed by atoms with E-state index in [4.69, 9.17) is 9.84 Å². The lowest BCUT2D eigenvalue weighted by Gasteiger charge is -2.28. The Labute approximate surface area is 112 Å². The van der Waals surface area contributed by atoms with Crippen molar-refractivity contribution in [2.45, 2.75) is 44.3 Å². The highest BCUT2D eigenvalue weighted by atomic mass is 32.2. The highest BCUT2D eigenvalue weighted by Gasteiger charge is 2.25. The molecule has 3 nitrogen and oxygen atoms in total. The number of benzene rings is 1. The molecular weight excluding hydrogens is 248 g/mol. The van der Waals surface area contributed by atoms with Gasteiger partial charge in [-0.05, 0) is 44.4 Å². The number of fused-ring (bicyclic) bond motifs is 1. The Hall–Kier alpha value is -1.00. The highest BCUT2D eigenvalue weighted by Crippen LogP contribution is 2.41. The number of hydrogen-bond acceptors (Lipinski definition) is 3. The number of thioether (sulfide) groups is 1. The standard InChI is InChI=1S/C14H18O3S/c1-8(2)17-12-6-7-18-13-9(3)10(14(15)16)4-5-11(12)13/h4-5,8,12H,6-7H2,1-3H3,(H,15,16). The van der Waals surface area contributed by atoms with E-state index in [1.807, 2.05) is 26.8 Å². The van der Waals surface area contributed by atoms with Crippen LogP contribution in [-0.4, -0.2) is 22.9 Å². The van der Waals surface area contributed by atoms with E-state index in [-0.39, 0.29) is 12.2 Å². The molecule has 18 heavy (non-hydrogen) atoms. The molecule has 0 saturated heterocycles. The van der Waals surface area contributed by atoms with Gasteiger partial charge in [-0.3, -0.25) is 0 Å². The van der Waals surface area contributed by atoms with Crippen LogP contribution in [0.25, 0.3) is 0 Å².